The summed E-state index contributed by atoms with van der Waals surface area (Å²) < 4.78 is 6.58. The Hall–Kier alpha value is -6.91. The summed E-state index contributed by atoms with van der Waals surface area (Å²) in [6, 6.07) is 61.0. The fraction of sp³-hybridized carbons (Fsp3) is 0. The molecule has 0 aliphatic heterocycles. The summed E-state index contributed by atoms with van der Waals surface area (Å²) in [5.74, 6) is 1.81. The van der Waals surface area contributed by atoms with Crippen LogP contribution in [-0.4, -0.2) is 15.0 Å². The Morgan fingerprint density at radius 1 is 0.333 bits per heavy atom. The molecule has 2 heterocycles. The van der Waals surface area contributed by atoms with E-state index < -0.39 is 0 Å². The van der Waals surface area contributed by atoms with E-state index in [0.29, 0.717) is 17.5 Å². The van der Waals surface area contributed by atoms with Gasteiger partial charge in [-0.3, -0.25) is 0 Å². The minimum Gasteiger partial charge on any atom is -0.456 e. The summed E-state index contributed by atoms with van der Waals surface area (Å²) in [4.78, 5) is 15.7. The van der Waals surface area contributed by atoms with Crippen LogP contribution in [0.3, 0.4) is 0 Å². The number of nitrogens with zero attached hydrogens (tertiary/aromatic N) is 3. The number of rotatable bonds is 5. The minimum absolute atomic E-state index is 0.593. The lowest BCUT2D eigenvalue weighted by Crippen LogP contribution is -2.01. The lowest BCUT2D eigenvalue weighted by atomic mass is 9.94. The topological polar surface area (TPSA) is 51.8 Å². The van der Waals surface area contributed by atoms with Crippen LogP contribution in [0.4, 0.5) is 0 Å². The van der Waals surface area contributed by atoms with E-state index in [0.717, 1.165) is 77.0 Å². The molecule has 0 bridgehead atoms. The van der Waals surface area contributed by atoms with E-state index in [9.17, 15) is 0 Å². The van der Waals surface area contributed by atoms with Crippen LogP contribution in [0.1, 0.15) is 0 Å². The van der Waals surface area contributed by atoms with Crippen molar-refractivity contribution < 1.29 is 4.42 Å². The largest absolute Gasteiger partial charge is 0.456 e. The molecule has 238 valence electrons. The minimum atomic E-state index is 0.593. The lowest BCUT2D eigenvalue weighted by molar-refractivity contribution is 0.669. The fourth-order valence-corrected chi connectivity index (χ4v) is 7.16. The second kappa shape index (κ2) is 11.9. The smallest absolute Gasteiger partial charge is 0.165 e. The number of hydrogen-bond acceptors (Lipinski definition) is 4. The highest BCUT2D eigenvalue weighted by atomic mass is 16.3. The first kappa shape index (κ1) is 29.0. The summed E-state index contributed by atoms with van der Waals surface area (Å²) in [6.07, 6.45) is 0. The fourth-order valence-electron chi connectivity index (χ4n) is 7.16. The van der Waals surface area contributed by atoms with Crippen LogP contribution in [0.5, 0.6) is 0 Å². The lowest BCUT2D eigenvalue weighted by Gasteiger charge is -2.14. The summed E-state index contributed by atoms with van der Waals surface area (Å²) in [6.45, 7) is 0. The SMILES string of the molecule is c1ccc(-c2ccc(-c3nc(-c4ccc5ccccc5c4)nc(-c4c(-c5ccccc5)ccc5oc6cc7ccccc7cc6c45)n3)cc2)cc1. The number of aromatic nitrogens is 3. The molecule has 51 heavy (non-hydrogen) atoms. The molecule has 0 unspecified atom stereocenters. The molecule has 0 amide bonds. The first-order valence-corrected chi connectivity index (χ1v) is 17.1. The van der Waals surface area contributed by atoms with Crippen molar-refractivity contribution in [1.29, 1.82) is 0 Å². The van der Waals surface area contributed by atoms with Gasteiger partial charge in [-0.15, -0.1) is 0 Å². The maximum atomic E-state index is 6.58. The third-order valence-corrected chi connectivity index (χ3v) is 9.71. The molecule has 10 rings (SSSR count). The van der Waals surface area contributed by atoms with E-state index in [4.69, 9.17) is 19.4 Å². The molecule has 0 aliphatic rings. The van der Waals surface area contributed by atoms with Gasteiger partial charge in [0.1, 0.15) is 11.2 Å². The van der Waals surface area contributed by atoms with Gasteiger partial charge in [0.2, 0.25) is 0 Å². The molecule has 0 saturated heterocycles. The molecule has 8 aromatic carbocycles. The number of hydrogen-bond donors (Lipinski definition) is 0. The predicted octanol–water partition coefficient (Wildman–Crippen LogP) is 12.4. The zero-order chi connectivity index (χ0) is 33.7. The van der Waals surface area contributed by atoms with Crippen LogP contribution in [-0.2, 0) is 0 Å². The summed E-state index contributed by atoms with van der Waals surface area (Å²) in [7, 11) is 0. The Labute approximate surface area is 294 Å². The van der Waals surface area contributed by atoms with Gasteiger partial charge in [0.05, 0.1) is 0 Å². The number of benzene rings is 8. The Morgan fingerprint density at radius 2 is 0.863 bits per heavy atom. The molecule has 4 nitrogen and oxygen atoms in total. The normalized spacial score (nSPS) is 11.5. The zero-order valence-electron chi connectivity index (χ0n) is 27.5. The monoisotopic (exact) mass is 651 g/mol. The van der Waals surface area contributed by atoms with E-state index in [2.05, 4.69) is 164 Å². The van der Waals surface area contributed by atoms with E-state index >= 15 is 0 Å². The van der Waals surface area contributed by atoms with Crippen LogP contribution < -0.4 is 0 Å². The van der Waals surface area contributed by atoms with Crippen molar-refractivity contribution in [2.24, 2.45) is 0 Å². The molecule has 0 fully saturated rings. The van der Waals surface area contributed by atoms with E-state index in [-0.39, 0.29) is 0 Å². The standard InChI is InChI=1S/C47H29N3O/c1-3-11-30(12-4-1)32-19-22-34(23-20-32)45-48-46(38-24-21-31-13-7-8-16-35(31)27-38)50-47(49-45)44-39(33-14-5-2-6-15-33)25-26-41-43(44)40-28-36-17-9-10-18-37(36)29-42(40)51-41/h1-29H. The van der Waals surface area contributed by atoms with Crippen LogP contribution in [0.2, 0.25) is 0 Å². The van der Waals surface area contributed by atoms with Crippen LogP contribution in [0, 0.1) is 0 Å². The van der Waals surface area contributed by atoms with Crippen LogP contribution in [0.25, 0.3) is 99.9 Å². The molecular formula is C47H29N3O. The summed E-state index contributed by atoms with van der Waals surface area (Å²) >= 11 is 0. The van der Waals surface area contributed by atoms with Crippen molar-refractivity contribution in [2.75, 3.05) is 0 Å². The first-order chi connectivity index (χ1) is 25.2. The second-order valence-corrected chi connectivity index (χ2v) is 12.8. The number of furan rings is 1. The highest BCUT2D eigenvalue weighted by Gasteiger charge is 2.22. The van der Waals surface area contributed by atoms with E-state index in [1.54, 1.807) is 0 Å². The zero-order valence-corrected chi connectivity index (χ0v) is 27.5. The van der Waals surface area contributed by atoms with Crippen LogP contribution in [0.15, 0.2) is 180 Å². The second-order valence-electron chi connectivity index (χ2n) is 12.8. The average Bonchev–Trinajstić information content (AvgIpc) is 3.57. The molecule has 4 heteroatoms. The maximum Gasteiger partial charge on any atom is 0.165 e. The molecular weight excluding hydrogens is 623 g/mol. The molecule has 0 spiro atoms. The first-order valence-electron chi connectivity index (χ1n) is 17.1. The summed E-state index contributed by atoms with van der Waals surface area (Å²) in [5.41, 5.74) is 8.78. The molecule has 0 atom stereocenters. The highest BCUT2D eigenvalue weighted by Crippen LogP contribution is 2.43. The molecule has 0 radical (unpaired) electrons. The molecule has 2 aromatic heterocycles. The van der Waals surface area contributed by atoms with Crippen molar-refractivity contribution in [1.82, 2.24) is 15.0 Å². The van der Waals surface area contributed by atoms with Gasteiger partial charge in [-0.1, -0.05) is 146 Å². The van der Waals surface area contributed by atoms with Crippen molar-refractivity contribution in [3.8, 4) is 56.4 Å². The molecule has 10 aromatic rings. The molecule has 0 saturated carbocycles. The third kappa shape index (κ3) is 5.13. The van der Waals surface area contributed by atoms with Crippen molar-refractivity contribution in [2.45, 2.75) is 0 Å². The summed E-state index contributed by atoms with van der Waals surface area (Å²) in [5, 5.41) is 6.59. The van der Waals surface area contributed by atoms with Gasteiger partial charge >= 0.3 is 0 Å². The van der Waals surface area contributed by atoms with Gasteiger partial charge in [0.15, 0.2) is 17.5 Å². The number of fused-ring (bicyclic) bond motifs is 5. The Bertz CT molecular complexity index is 2900. The Morgan fingerprint density at radius 3 is 1.59 bits per heavy atom. The van der Waals surface area contributed by atoms with Gasteiger partial charge in [-0.05, 0) is 74.1 Å². The Kier molecular flexibility index (Phi) is 6.78. The van der Waals surface area contributed by atoms with Gasteiger partial charge in [-0.25, -0.2) is 15.0 Å². The quantitative estimate of drug-likeness (QED) is 0.186. The highest BCUT2D eigenvalue weighted by molar-refractivity contribution is 6.17. The Balaban J connectivity index is 1.26. The van der Waals surface area contributed by atoms with Crippen LogP contribution >= 0.6 is 0 Å². The molecule has 0 aliphatic carbocycles. The van der Waals surface area contributed by atoms with Gasteiger partial charge in [0, 0.05) is 27.5 Å². The average molecular weight is 652 g/mol. The van der Waals surface area contributed by atoms with Crippen molar-refractivity contribution in [3.63, 3.8) is 0 Å². The van der Waals surface area contributed by atoms with Gasteiger partial charge in [0.25, 0.3) is 0 Å². The third-order valence-electron chi connectivity index (χ3n) is 9.71. The van der Waals surface area contributed by atoms with Gasteiger partial charge < -0.3 is 4.42 Å². The van der Waals surface area contributed by atoms with Gasteiger partial charge in [-0.2, -0.15) is 0 Å². The maximum absolute atomic E-state index is 6.58. The predicted molar refractivity (Wildman–Crippen MR) is 209 cm³/mol. The van der Waals surface area contributed by atoms with E-state index in [1.807, 2.05) is 12.1 Å². The van der Waals surface area contributed by atoms with Crippen molar-refractivity contribution in [3.05, 3.63) is 176 Å². The van der Waals surface area contributed by atoms with Crippen molar-refractivity contribution >= 4 is 43.5 Å². The van der Waals surface area contributed by atoms with E-state index in [1.165, 1.54) is 5.39 Å². The molecule has 0 N–H and O–H groups in total.